The van der Waals surface area contributed by atoms with Crippen LogP contribution in [0.5, 0.6) is 17.2 Å². The molecule has 0 aliphatic carbocycles. The topological polar surface area (TPSA) is 95.7 Å². The van der Waals surface area contributed by atoms with Crippen LogP contribution in [0.15, 0.2) is 45.7 Å². The van der Waals surface area contributed by atoms with E-state index in [4.69, 9.17) is 18.6 Å². The molecule has 0 spiro atoms. The Balaban J connectivity index is 1.84. The van der Waals surface area contributed by atoms with Crippen molar-refractivity contribution in [2.45, 2.75) is 44.8 Å². The predicted octanol–water partition coefficient (Wildman–Crippen LogP) is 5.69. The first-order valence-corrected chi connectivity index (χ1v) is 11.8. The lowest BCUT2D eigenvalue weighted by molar-refractivity contribution is 0.102. The summed E-state index contributed by atoms with van der Waals surface area (Å²) in [7, 11) is 0. The van der Waals surface area contributed by atoms with Crippen LogP contribution in [-0.2, 0) is 0 Å². The molecule has 1 aromatic heterocycles. The lowest BCUT2D eigenvalue weighted by Gasteiger charge is -2.16. The molecule has 1 amide bonds. The van der Waals surface area contributed by atoms with E-state index in [0.29, 0.717) is 53.4 Å². The van der Waals surface area contributed by atoms with Gasteiger partial charge in [0.15, 0.2) is 11.5 Å². The maximum absolute atomic E-state index is 12.7. The number of ether oxygens (including phenoxy) is 3. The molecule has 0 saturated heterocycles. The molecule has 0 atom stereocenters. The van der Waals surface area contributed by atoms with E-state index in [1.807, 2.05) is 39.0 Å². The first-order valence-electron chi connectivity index (χ1n) is 10.9. The molecule has 3 aromatic rings. The Morgan fingerprint density at radius 2 is 1.67 bits per heavy atom. The van der Waals surface area contributed by atoms with E-state index in [2.05, 4.69) is 29.4 Å². The van der Waals surface area contributed by atoms with Crippen molar-refractivity contribution >= 4 is 23.7 Å². The second kappa shape index (κ2) is 11.6. The summed E-state index contributed by atoms with van der Waals surface area (Å²) in [5, 5.41) is 11.1. The van der Waals surface area contributed by atoms with Crippen molar-refractivity contribution in [3.8, 4) is 28.7 Å². The smallest absolute Gasteiger partial charge is 0.322 e. The van der Waals surface area contributed by atoms with Crippen molar-refractivity contribution in [1.82, 2.24) is 10.2 Å². The number of carbonyl (C=O) groups excluding carboxylic acids is 1. The molecule has 0 fully saturated rings. The zero-order chi connectivity index (χ0) is 23.8. The van der Waals surface area contributed by atoms with Crippen LogP contribution >= 0.6 is 11.8 Å². The highest BCUT2D eigenvalue weighted by atomic mass is 32.2. The summed E-state index contributed by atoms with van der Waals surface area (Å²) in [5.74, 6) is 1.46. The van der Waals surface area contributed by atoms with Crippen LogP contribution in [-0.4, -0.2) is 41.2 Å². The van der Waals surface area contributed by atoms with E-state index in [1.54, 1.807) is 30.0 Å². The first-order chi connectivity index (χ1) is 15.9. The first kappa shape index (κ1) is 24.4. The van der Waals surface area contributed by atoms with E-state index < -0.39 is 0 Å². The van der Waals surface area contributed by atoms with E-state index in [0.717, 1.165) is 4.90 Å². The van der Waals surface area contributed by atoms with Crippen LogP contribution in [0.4, 0.5) is 6.01 Å². The molecule has 8 nitrogen and oxygen atoms in total. The van der Waals surface area contributed by atoms with Gasteiger partial charge in [-0.15, -0.1) is 16.9 Å². The van der Waals surface area contributed by atoms with Gasteiger partial charge in [0.05, 0.1) is 19.8 Å². The van der Waals surface area contributed by atoms with Crippen LogP contribution in [0.2, 0.25) is 0 Å². The fraction of sp³-hybridized carbons (Fsp3) is 0.375. The Hall–Kier alpha value is -3.20. The van der Waals surface area contributed by atoms with Gasteiger partial charge in [-0.3, -0.25) is 10.1 Å². The molecule has 0 aliphatic heterocycles. The molecule has 33 heavy (non-hydrogen) atoms. The maximum Gasteiger partial charge on any atom is 0.322 e. The summed E-state index contributed by atoms with van der Waals surface area (Å²) in [6, 6.07) is 10.9. The minimum Gasteiger partial charge on any atom is -0.490 e. The molecule has 0 unspecified atom stereocenters. The van der Waals surface area contributed by atoms with Crippen molar-refractivity contribution < 1.29 is 23.4 Å². The van der Waals surface area contributed by atoms with Crippen molar-refractivity contribution in [1.29, 1.82) is 0 Å². The summed E-state index contributed by atoms with van der Waals surface area (Å²) in [5.41, 5.74) is 1.10. The fourth-order valence-electron chi connectivity index (χ4n) is 3.05. The minimum absolute atomic E-state index is 0.00159. The second-order valence-electron chi connectivity index (χ2n) is 7.16. The van der Waals surface area contributed by atoms with Crippen LogP contribution in [0.25, 0.3) is 11.5 Å². The Bertz CT molecular complexity index is 1060. The van der Waals surface area contributed by atoms with Crippen molar-refractivity contribution in [3.63, 3.8) is 0 Å². The summed E-state index contributed by atoms with van der Waals surface area (Å²) < 4.78 is 22.9. The van der Waals surface area contributed by atoms with Gasteiger partial charge in [-0.25, -0.2) is 0 Å². The van der Waals surface area contributed by atoms with Crippen LogP contribution in [0, 0.1) is 0 Å². The van der Waals surface area contributed by atoms with E-state index >= 15 is 0 Å². The Morgan fingerprint density at radius 3 is 2.27 bits per heavy atom. The number of thioether (sulfide) groups is 1. The third-order valence-corrected chi connectivity index (χ3v) is 5.27. The maximum atomic E-state index is 12.7. The number of anilines is 1. The third-order valence-electron chi connectivity index (χ3n) is 4.27. The van der Waals surface area contributed by atoms with Gasteiger partial charge in [0, 0.05) is 21.3 Å². The zero-order valence-electron chi connectivity index (χ0n) is 19.5. The summed E-state index contributed by atoms with van der Waals surface area (Å²) >= 11 is 1.69. The Morgan fingerprint density at radius 1 is 1.00 bits per heavy atom. The molecular weight excluding hydrogens is 442 g/mol. The average Bonchev–Trinajstić information content (AvgIpc) is 3.24. The molecule has 9 heteroatoms. The van der Waals surface area contributed by atoms with Crippen molar-refractivity contribution in [3.05, 3.63) is 42.0 Å². The molecule has 1 heterocycles. The molecular formula is C24H29N3O5S. The van der Waals surface area contributed by atoms with Crippen LogP contribution in [0.1, 0.15) is 45.0 Å². The highest BCUT2D eigenvalue weighted by Gasteiger charge is 2.19. The monoisotopic (exact) mass is 471 g/mol. The lowest BCUT2D eigenvalue weighted by Crippen LogP contribution is -2.12. The van der Waals surface area contributed by atoms with Crippen molar-refractivity contribution in [2.24, 2.45) is 0 Å². The Kier molecular flexibility index (Phi) is 8.59. The van der Waals surface area contributed by atoms with E-state index in [1.165, 1.54) is 0 Å². The second-order valence-corrected chi connectivity index (χ2v) is 8.81. The van der Waals surface area contributed by atoms with Gasteiger partial charge in [-0.2, -0.15) is 0 Å². The van der Waals surface area contributed by atoms with Gasteiger partial charge in [-0.05, 0) is 51.1 Å². The predicted molar refractivity (Wildman–Crippen MR) is 129 cm³/mol. The highest BCUT2D eigenvalue weighted by molar-refractivity contribution is 7.99. The van der Waals surface area contributed by atoms with Gasteiger partial charge >= 0.3 is 6.01 Å². The number of carbonyl (C=O) groups is 1. The van der Waals surface area contributed by atoms with Crippen molar-refractivity contribution in [2.75, 3.05) is 25.1 Å². The Labute approximate surface area is 198 Å². The summed E-state index contributed by atoms with van der Waals surface area (Å²) in [6.07, 6.45) is 0. The number of nitrogens with one attached hydrogen (secondary N) is 1. The normalized spacial score (nSPS) is 10.8. The van der Waals surface area contributed by atoms with E-state index in [9.17, 15) is 4.79 Å². The standard InChI is InChI=1S/C24H29N3O5S/c1-6-29-19-13-17(14-20(30-7-2)21(19)31-8-3)23-26-27-24(32-23)25-22(28)16-10-9-11-18(12-16)33-15(4)5/h9-15H,6-8H2,1-5H3,(H,25,27,28). The number of rotatable bonds is 11. The number of amides is 1. The molecule has 176 valence electrons. The quantitative estimate of drug-likeness (QED) is 0.357. The number of hydrogen-bond acceptors (Lipinski definition) is 8. The third kappa shape index (κ3) is 6.41. The van der Waals surface area contributed by atoms with Gasteiger partial charge in [-0.1, -0.05) is 25.0 Å². The molecule has 0 radical (unpaired) electrons. The van der Waals surface area contributed by atoms with Gasteiger partial charge in [0.2, 0.25) is 11.6 Å². The SMILES string of the molecule is CCOc1cc(-c2nnc(NC(=O)c3cccc(SC(C)C)c3)o2)cc(OCC)c1OCC. The number of nitrogens with zero attached hydrogens (tertiary/aromatic N) is 2. The molecule has 1 N–H and O–H groups in total. The van der Waals surface area contributed by atoms with Gasteiger partial charge in [0.25, 0.3) is 5.91 Å². The molecule has 0 aliphatic rings. The molecule has 2 aromatic carbocycles. The van der Waals surface area contributed by atoms with Gasteiger partial charge in [0.1, 0.15) is 0 Å². The summed E-state index contributed by atoms with van der Waals surface area (Å²) in [6.45, 7) is 11.2. The average molecular weight is 472 g/mol. The molecule has 3 rings (SSSR count). The fourth-order valence-corrected chi connectivity index (χ4v) is 3.95. The largest absolute Gasteiger partial charge is 0.490 e. The summed E-state index contributed by atoms with van der Waals surface area (Å²) in [4.78, 5) is 13.7. The number of hydrogen-bond donors (Lipinski definition) is 1. The number of aromatic nitrogens is 2. The number of benzene rings is 2. The molecule has 0 saturated carbocycles. The van der Waals surface area contributed by atoms with Gasteiger partial charge < -0.3 is 18.6 Å². The van der Waals surface area contributed by atoms with Crippen LogP contribution < -0.4 is 19.5 Å². The van der Waals surface area contributed by atoms with Crippen LogP contribution in [0.3, 0.4) is 0 Å². The zero-order valence-corrected chi connectivity index (χ0v) is 20.3. The minimum atomic E-state index is -0.326. The van der Waals surface area contributed by atoms with E-state index in [-0.39, 0.29) is 17.8 Å². The lowest BCUT2D eigenvalue weighted by atomic mass is 10.2. The molecule has 0 bridgehead atoms. The highest BCUT2D eigenvalue weighted by Crippen LogP contribution is 2.41.